The molecule has 3 rings (SSSR count). The Hall–Kier alpha value is -2.08. The number of carbonyl (C=O) groups is 2. The Morgan fingerprint density at radius 1 is 1.30 bits per heavy atom. The molecule has 2 aromatic rings. The number of ether oxygens (including phenoxy) is 2. The number of hydrogen-bond acceptors (Lipinski definition) is 5. The van der Waals surface area contributed by atoms with Gasteiger partial charge < -0.3 is 14.6 Å². The van der Waals surface area contributed by atoms with Gasteiger partial charge in [0.25, 0.3) is 0 Å². The van der Waals surface area contributed by atoms with E-state index in [0.717, 1.165) is 10.1 Å². The first-order valence-electron chi connectivity index (χ1n) is 6.14. The van der Waals surface area contributed by atoms with Crippen molar-refractivity contribution < 1.29 is 24.2 Å². The van der Waals surface area contributed by atoms with Gasteiger partial charge in [-0.25, -0.2) is 0 Å². The number of Topliss-reactive ketones (excluding diaryl/α,β-unsaturated/α-hetero) is 1. The number of aliphatic carboxylic acids is 1. The van der Waals surface area contributed by atoms with Crippen molar-refractivity contribution in [2.75, 3.05) is 6.79 Å². The van der Waals surface area contributed by atoms with Crippen molar-refractivity contribution in [3.8, 4) is 11.5 Å². The van der Waals surface area contributed by atoms with Gasteiger partial charge in [0, 0.05) is 17.2 Å². The van der Waals surface area contributed by atoms with Gasteiger partial charge in [-0.05, 0) is 17.5 Å². The van der Waals surface area contributed by atoms with Crippen LogP contribution in [0.15, 0.2) is 18.2 Å². The van der Waals surface area contributed by atoms with Crippen molar-refractivity contribution in [1.82, 2.24) is 0 Å². The minimum absolute atomic E-state index is 0.00880. The number of rotatable bonds is 4. The van der Waals surface area contributed by atoms with Gasteiger partial charge in [0.15, 0.2) is 17.3 Å². The molecule has 0 saturated carbocycles. The van der Waals surface area contributed by atoms with Crippen LogP contribution in [0.2, 0.25) is 0 Å². The van der Waals surface area contributed by atoms with Gasteiger partial charge in [0.2, 0.25) is 6.79 Å². The third-order valence-electron chi connectivity index (χ3n) is 3.20. The number of carboxylic acids is 1. The molecule has 5 nitrogen and oxygen atoms in total. The summed E-state index contributed by atoms with van der Waals surface area (Å²) in [5.41, 5.74) is 0. The van der Waals surface area contributed by atoms with Crippen LogP contribution in [0.25, 0.3) is 10.1 Å². The highest BCUT2D eigenvalue weighted by atomic mass is 32.1. The Bertz CT molecular complexity index is 662. The van der Waals surface area contributed by atoms with E-state index < -0.39 is 11.9 Å². The molecule has 0 fully saturated rings. The van der Waals surface area contributed by atoms with Gasteiger partial charge in [-0.15, -0.1) is 11.3 Å². The molecule has 1 aromatic carbocycles. The van der Waals surface area contributed by atoms with Crippen LogP contribution in [-0.2, 0) is 4.79 Å². The Balaban J connectivity index is 1.89. The second kappa shape index (κ2) is 4.79. The fourth-order valence-corrected chi connectivity index (χ4v) is 3.05. The lowest BCUT2D eigenvalue weighted by atomic mass is 10.0. The predicted molar refractivity (Wildman–Crippen MR) is 73.7 cm³/mol. The van der Waals surface area contributed by atoms with E-state index in [1.807, 2.05) is 12.1 Å². The average Bonchev–Trinajstić information content (AvgIpc) is 3.00. The molecule has 1 unspecified atom stereocenters. The van der Waals surface area contributed by atoms with Crippen molar-refractivity contribution in [3.63, 3.8) is 0 Å². The van der Waals surface area contributed by atoms with Gasteiger partial charge in [-0.2, -0.15) is 0 Å². The van der Waals surface area contributed by atoms with Crippen LogP contribution in [0.4, 0.5) is 0 Å². The largest absolute Gasteiger partial charge is 0.481 e. The lowest BCUT2D eigenvalue weighted by molar-refractivity contribution is -0.141. The number of benzene rings is 1. The summed E-state index contributed by atoms with van der Waals surface area (Å²) in [6, 6.07) is 5.46. The molecule has 20 heavy (non-hydrogen) atoms. The minimum atomic E-state index is -0.958. The molecule has 0 radical (unpaired) electrons. The normalized spacial score (nSPS) is 14.4. The highest BCUT2D eigenvalue weighted by molar-refractivity contribution is 7.20. The van der Waals surface area contributed by atoms with Crippen molar-refractivity contribution >= 4 is 33.2 Å². The summed E-state index contributed by atoms with van der Waals surface area (Å²) in [5.74, 6) is -0.432. The molecule has 0 bridgehead atoms. The molecule has 104 valence electrons. The van der Waals surface area contributed by atoms with E-state index in [1.54, 1.807) is 6.07 Å². The molecule has 2 heterocycles. The molecule has 6 heteroatoms. The van der Waals surface area contributed by atoms with E-state index in [4.69, 9.17) is 14.6 Å². The maximum Gasteiger partial charge on any atom is 0.306 e. The third-order valence-corrected chi connectivity index (χ3v) is 4.34. The molecule has 0 aliphatic carbocycles. The van der Waals surface area contributed by atoms with Gasteiger partial charge in [0.1, 0.15) is 0 Å². The fourth-order valence-electron chi connectivity index (χ4n) is 2.03. The van der Waals surface area contributed by atoms with Crippen LogP contribution in [0.5, 0.6) is 11.5 Å². The Labute approximate surface area is 118 Å². The number of hydrogen-bond donors (Lipinski definition) is 1. The van der Waals surface area contributed by atoms with Crippen LogP contribution in [0.3, 0.4) is 0 Å². The standard InChI is InChI=1S/C14H12O5S/c1-7(14(16)17)2-9(15)13-4-8-3-10-11(19-6-18-10)5-12(8)20-13/h3-5,7H,2,6H2,1H3,(H,16,17). The highest BCUT2D eigenvalue weighted by Crippen LogP contribution is 2.39. The van der Waals surface area contributed by atoms with E-state index in [9.17, 15) is 9.59 Å². The van der Waals surface area contributed by atoms with Gasteiger partial charge in [0.05, 0.1) is 10.8 Å². The number of carbonyl (C=O) groups excluding carboxylic acids is 1. The topological polar surface area (TPSA) is 72.8 Å². The molecule has 0 amide bonds. The SMILES string of the molecule is CC(CC(=O)c1cc2cc3c(cc2s1)OCO3)C(=O)O. The second-order valence-electron chi connectivity index (χ2n) is 4.72. The molecule has 1 N–H and O–H groups in total. The van der Waals surface area contributed by atoms with E-state index in [1.165, 1.54) is 18.3 Å². The first-order valence-corrected chi connectivity index (χ1v) is 6.95. The number of fused-ring (bicyclic) bond motifs is 2. The average molecular weight is 292 g/mol. The first kappa shape index (κ1) is 12.9. The van der Waals surface area contributed by atoms with Gasteiger partial charge >= 0.3 is 5.97 Å². The molecule has 1 aliphatic heterocycles. The number of ketones is 1. The van der Waals surface area contributed by atoms with Crippen LogP contribution < -0.4 is 9.47 Å². The van der Waals surface area contributed by atoms with Gasteiger partial charge in [-0.3, -0.25) is 9.59 Å². The molecule has 1 atom stereocenters. The minimum Gasteiger partial charge on any atom is -0.481 e. The van der Waals surface area contributed by atoms with E-state index in [-0.39, 0.29) is 19.0 Å². The summed E-state index contributed by atoms with van der Waals surface area (Å²) >= 11 is 1.35. The van der Waals surface area contributed by atoms with Crippen molar-refractivity contribution in [1.29, 1.82) is 0 Å². The van der Waals surface area contributed by atoms with Crippen LogP contribution >= 0.6 is 11.3 Å². The van der Waals surface area contributed by atoms with Gasteiger partial charge in [-0.1, -0.05) is 6.92 Å². The summed E-state index contributed by atoms with van der Waals surface area (Å²) < 4.78 is 11.5. The third kappa shape index (κ3) is 2.22. The first-order chi connectivity index (χ1) is 9.54. The van der Waals surface area contributed by atoms with Crippen molar-refractivity contribution in [3.05, 3.63) is 23.1 Å². The molecule has 0 spiro atoms. The van der Waals surface area contributed by atoms with E-state index >= 15 is 0 Å². The summed E-state index contributed by atoms with van der Waals surface area (Å²) in [6.45, 7) is 1.75. The summed E-state index contributed by atoms with van der Waals surface area (Å²) in [5, 5.41) is 9.76. The van der Waals surface area contributed by atoms with Crippen molar-refractivity contribution in [2.24, 2.45) is 5.92 Å². The monoisotopic (exact) mass is 292 g/mol. The maximum atomic E-state index is 12.1. The van der Waals surface area contributed by atoms with E-state index in [0.29, 0.717) is 16.4 Å². The van der Waals surface area contributed by atoms with Crippen LogP contribution in [-0.4, -0.2) is 23.7 Å². The molecular weight excluding hydrogens is 280 g/mol. The molecule has 1 aliphatic rings. The zero-order valence-corrected chi connectivity index (χ0v) is 11.5. The zero-order valence-electron chi connectivity index (χ0n) is 10.7. The van der Waals surface area contributed by atoms with Crippen molar-refractivity contribution in [2.45, 2.75) is 13.3 Å². The Kier molecular flexibility index (Phi) is 3.10. The highest BCUT2D eigenvalue weighted by Gasteiger charge is 2.20. The summed E-state index contributed by atoms with van der Waals surface area (Å²) in [6.07, 6.45) is 0.00880. The zero-order chi connectivity index (χ0) is 14.3. The van der Waals surface area contributed by atoms with Crippen LogP contribution in [0, 0.1) is 5.92 Å². The predicted octanol–water partition coefficient (Wildman–Crippen LogP) is 2.92. The lowest BCUT2D eigenvalue weighted by Gasteiger charge is -2.02. The molecule has 1 aromatic heterocycles. The summed E-state index contributed by atoms with van der Waals surface area (Å²) in [7, 11) is 0. The number of carboxylic acid groups (broad SMARTS) is 1. The van der Waals surface area contributed by atoms with Crippen LogP contribution in [0.1, 0.15) is 23.0 Å². The Morgan fingerprint density at radius 2 is 2.00 bits per heavy atom. The quantitative estimate of drug-likeness (QED) is 0.877. The summed E-state index contributed by atoms with van der Waals surface area (Å²) in [4.78, 5) is 23.4. The number of thiophene rings is 1. The molecule has 0 saturated heterocycles. The smallest absolute Gasteiger partial charge is 0.306 e. The molecular formula is C14H12O5S. The fraction of sp³-hybridized carbons (Fsp3) is 0.286. The van der Waals surface area contributed by atoms with E-state index in [2.05, 4.69) is 0 Å². The Morgan fingerprint density at radius 3 is 2.70 bits per heavy atom. The maximum absolute atomic E-state index is 12.1. The lowest BCUT2D eigenvalue weighted by Crippen LogP contribution is -2.13. The second-order valence-corrected chi connectivity index (χ2v) is 5.80.